The number of aliphatic hydroxyl groups excluding tert-OH is 1. The van der Waals surface area contributed by atoms with E-state index in [9.17, 15) is 4.39 Å². The van der Waals surface area contributed by atoms with Gasteiger partial charge in [0.2, 0.25) is 0 Å². The van der Waals surface area contributed by atoms with E-state index >= 15 is 0 Å². The van der Waals surface area contributed by atoms with Crippen LogP contribution in [0.2, 0.25) is 5.02 Å². The van der Waals surface area contributed by atoms with Gasteiger partial charge in [-0.2, -0.15) is 0 Å². The van der Waals surface area contributed by atoms with E-state index < -0.39 is 5.82 Å². The first-order valence-corrected chi connectivity index (χ1v) is 3.84. The maximum absolute atomic E-state index is 12.7. The third kappa shape index (κ3) is 1.75. The van der Waals surface area contributed by atoms with Crippen molar-refractivity contribution < 1.29 is 9.50 Å². The summed E-state index contributed by atoms with van der Waals surface area (Å²) in [5, 5.41) is 9.08. The lowest BCUT2D eigenvalue weighted by atomic mass is 10.1. The summed E-state index contributed by atoms with van der Waals surface area (Å²) in [6.07, 6.45) is 0. The molecule has 0 unspecified atom stereocenters. The largest absolute Gasteiger partial charge is 0.392 e. The molecule has 0 heterocycles. The van der Waals surface area contributed by atoms with Crippen LogP contribution in [-0.2, 0) is 13.2 Å². The van der Waals surface area contributed by atoms with Gasteiger partial charge in [-0.25, -0.2) is 4.39 Å². The van der Waals surface area contributed by atoms with E-state index in [0.29, 0.717) is 11.1 Å². The summed E-state index contributed by atoms with van der Waals surface area (Å²) in [7, 11) is 0. The zero-order valence-corrected chi connectivity index (χ0v) is 7.11. The minimum absolute atomic E-state index is 0.174. The number of hydrogen-bond acceptors (Lipinski definition) is 2. The summed E-state index contributed by atoms with van der Waals surface area (Å²) in [5.41, 5.74) is 6.37. The molecule has 1 aromatic carbocycles. The fourth-order valence-corrected chi connectivity index (χ4v) is 1.30. The summed E-state index contributed by atoms with van der Waals surface area (Å²) in [6.45, 7) is -0.0426. The molecule has 0 bridgehead atoms. The summed E-state index contributed by atoms with van der Waals surface area (Å²) >= 11 is 5.66. The van der Waals surface area contributed by atoms with Gasteiger partial charge in [-0.3, -0.25) is 0 Å². The quantitative estimate of drug-likeness (QED) is 0.740. The number of nitrogens with two attached hydrogens (primary N) is 1. The van der Waals surface area contributed by atoms with Gasteiger partial charge in [0, 0.05) is 17.1 Å². The molecule has 0 radical (unpaired) electrons. The molecule has 1 aromatic rings. The van der Waals surface area contributed by atoms with E-state index in [1.54, 1.807) is 0 Å². The van der Waals surface area contributed by atoms with Gasteiger partial charge in [0.1, 0.15) is 5.82 Å². The Morgan fingerprint density at radius 3 is 2.67 bits per heavy atom. The maximum atomic E-state index is 12.7. The van der Waals surface area contributed by atoms with Crippen molar-refractivity contribution in [3.8, 4) is 0 Å². The van der Waals surface area contributed by atoms with Gasteiger partial charge in [0.05, 0.1) is 6.61 Å². The molecule has 0 fully saturated rings. The molecular weight excluding hydrogens is 181 g/mol. The molecular formula is C8H9ClFNO. The minimum Gasteiger partial charge on any atom is -0.392 e. The second-order valence-electron chi connectivity index (χ2n) is 2.39. The Balaban J connectivity index is 3.24. The number of benzene rings is 1. The van der Waals surface area contributed by atoms with E-state index in [2.05, 4.69) is 0 Å². The number of hydrogen-bond donors (Lipinski definition) is 2. The van der Waals surface area contributed by atoms with Gasteiger partial charge in [-0.15, -0.1) is 0 Å². The third-order valence-electron chi connectivity index (χ3n) is 1.63. The summed E-state index contributed by atoms with van der Waals surface area (Å²) in [5.74, 6) is -0.433. The Kier molecular flexibility index (Phi) is 3.03. The molecule has 3 N–H and O–H groups in total. The molecule has 0 saturated heterocycles. The standard InChI is InChI=1S/C8H9ClFNO/c9-8-2-6(10)1-5(3-11)7(8)4-12/h1-2,12H,3-4,11H2. The van der Waals surface area contributed by atoms with Crippen LogP contribution in [0.15, 0.2) is 12.1 Å². The van der Waals surface area contributed by atoms with Crippen molar-refractivity contribution in [2.24, 2.45) is 5.73 Å². The van der Waals surface area contributed by atoms with Crippen LogP contribution < -0.4 is 5.73 Å². The highest BCUT2D eigenvalue weighted by Crippen LogP contribution is 2.21. The zero-order valence-electron chi connectivity index (χ0n) is 6.35. The monoisotopic (exact) mass is 189 g/mol. The van der Waals surface area contributed by atoms with Gasteiger partial charge in [-0.05, 0) is 17.7 Å². The van der Waals surface area contributed by atoms with Crippen LogP contribution in [0.25, 0.3) is 0 Å². The lowest BCUT2D eigenvalue weighted by molar-refractivity contribution is 0.280. The van der Waals surface area contributed by atoms with E-state index in [1.165, 1.54) is 6.07 Å². The molecule has 0 amide bonds. The van der Waals surface area contributed by atoms with Crippen molar-refractivity contribution in [3.05, 3.63) is 34.1 Å². The number of aliphatic hydroxyl groups is 1. The van der Waals surface area contributed by atoms with Gasteiger partial charge < -0.3 is 10.8 Å². The van der Waals surface area contributed by atoms with Gasteiger partial charge in [-0.1, -0.05) is 11.6 Å². The summed E-state index contributed by atoms with van der Waals surface area (Å²) in [4.78, 5) is 0. The van der Waals surface area contributed by atoms with Gasteiger partial charge in [0.15, 0.2) is 0 Å². The normalized spacial score (nSPS) is 10.3. The molecule has 12 heavy (non-hydrogen) atoms. The molecule has 2 nitrogen and oxygen atoms in total. The van der Waals surface area contributed by atoms with E-state index in [1.807, 2.05) is 0 Å². The average molecular weight is 190 g/mol. The van der Waals surface area contributed by atoms with Crippen molar-refractivity contribution >= 4 is 11.6 Å². The Bertz CT molecular complexity index is 291. The second-order valence-corrected chi connectivity index (χ2v) is 2.79. The molecule has 0 aliphatic carbocycles. The summed E-state index contributed by atoms with van der Waals surface area (Å²) in [6, 6.07) is 2.43. The molecule has 1 rings (SSSR count). The van der Waals surface area contributed by atoms with Crippen molar-refractivity contribution in [2.75, 3.05) is 0 Å². The highest BCUT2D eigenvalue weighted by molar-refractivity contribution is 6.31. The van der Waals surface area contributed by atoms with Crippen LogP contribution in [0.3, 0.4) is 0 Å². The van der Waals surface area contributed by atoms with Crippen LogP contribution >= 0.6 is 11.6 Å². The lowest BCUT2D eigenvalue weighted by Crippen LogP contribution is -2.03. The maximum Gasteiger partial charge on any atom is 0.125 e. The molecule has 0 aromatic heterocycles. The van der Waals surface area contributed by atoms with E-state index in [4.69, 9.17) is 22.4 Å². The van der Waals surface area contributed by atoms with Crippen molar-refractivity contribution in [2.45, 2.75) is 13.2 Å². The van der Waals surface area contributed by atoms with Gasteiger partial charge in [0.25, 0.3) is 0 Å². The molecule has 0 saturated carbocycles. The van der Waals surface area contributed by atoms with Crippen LogP contribution in [0.5, 0.6) is 0 Å². The first-order chi connectivity index (χ1) is 5.69. The second kappa shape index (κ2) is 3.85. The molecule has 4 heteroatoms. The predicted octanol–water partition coefficient (Wildman–Crippen LogP) is 1.43. The Hall–Kier alpha value is -0.640. The fraction of sp³-hybridized carbons (Fsp3) is 0.250. The fourth-order valence-electron chi connectivity index (χ4n) is 1.02. The molecule has 66 valence electrons. The van der Waals surface area contributed by atoms with E-state index in [-0.39, 0.29) is 18.2 Å². The van der Waals surface area contributed by atoms with Crippen molar-refractivity contribution in [3.63, 3.8) is 0 Å². The Morgan fingerprint density at radius 2 is 2.17 bits per heavy atom. The molecule has 0 atom stereocenters. The van der Waals surface area contributed by atoms with Gasteiger partial charge >= 0.3 is 0 Å². The topological polar surface area (TPSA) is 46.2 Å². The van der Waals surface area contributed by atoms with Crippen LogP contribution in [0.1, 0.15) is 11.1 Å². The lowest BCUT2D eigenvalue weighted by Gasteiger charge is -2.06. The Morgan fingerprint density at radius 1 is 1.50 bits per heavy atom. The molecule has 0 aliphatic rings. The number of halogens is 2. The van der Waals surface area contributed by atoms with Crippen molar-refractivity contribution in [1.82, 2.24) is 0 Å². The first-order valence-electron chi connectivity index (χ1n) is 3.46. The van der Waals surface area contributed by atoms with Crippen LogP contribution in [-0.4, -0.2) is 5.11 Å². The highest BCUT2D eigenvalue weighted by atomic mass is 35.5. The highest BCUT2D eigenvalue weighted by Gasteiger charge is 2.06. The number of rotatable bonds is 2. The van der Waals surface area contributed by atoms with Crippen LogP contribution in [0, 0.1) is 5.82 Å². The van der Waals surface area contributed by atoms with E-state index in [0.717, 1.165) is 6.07 Å². The zero-order chi connectivity index (χ0) is 9.14. The SMILES string of the molecule is NCc1cc(F)cc(Cl)c1CO. The first kappa shape index (κ1) is 9.45. The molecule has 0 aliphatic heterocycles. The van der Waals surface area contributed by atoms with Crippen molar-refractivity contribution in [1.29, 1.82) is 0 Å². The average Bonchev–Trinajstić information content (AvgIpc) is 2.03. The smallest absolute Gasteiger partial charge is 0.125 e. The third-order valence-corrected chi connectivity index (χ3v) is 1.97. The summed E-state index contributed by atoms with van der Waals surface area (Å²) < 4.78 is 12.7. The Labute approximate surface area is 74.8 Å². The molecule has 0 spiro atoms. The van der Waals surface area contributed by atoms with Crippen LogP contribution in [0.4, 0.5) is 4.39 Å². The minimum atomic E-state index is -0.433. The predicted molar refractivity (Wildman–Crippen MR) is 45.2 cm³/mol.